The zero-order valence-corrected chi connectivity index (χ0v) is 11.7. The van der Waals surface area contributed by atoms with E-state index in [4.69, 9.17) is 27.9 Å². The van der Waals surface area contributed by atoms with Crippen molar-refractivity contribution in [1.82, 2.24) is 10.3 Å². The highest BCUT2D eigenvalue weighted by Gasteiger charge is 2.38. The Balaban J connectivity index is 2.19. The highest BCUT2D eigenvalue weighted by Crippen LogP contribution is 2.26. The van der Waals surface area contributed by atoms with Crippen LogP contribution >= 0.6 is 23.2 Å². The van der Waals surface area contributed by atoms with Crippen molar-refractivity contribution in [2.75, 3.05) is 6.61 Å². The van der Waals surface area contributed by atoms with Gasteiger partial charge in [-0.3, -0.25) is 4.79 Å². The number of hydrogen-bond acceptors (Lipinski definition) is 3. The Kier molecular flexibility index (Phi) is 3.80. The van der Waals surface area contributed by atoms with E-state index in [1.165, 1.54) is 12.3 Å². The Morgan fingerprint density at radius 2 is 2.33 bits per heavy atom. The van der Waals surface area contributed by atoms with Gasteiger partial charge < -0.3 is 10.1 Å². The summed E-state index contributed by atoms with van der Waals surface area (Å²) in [5.41, 5.74) is -0.0483. The summed E-state index contributed by atoms with van der Waals surface area (Å²) in [6.45, 7) is 4.54. The molecule has 1 saturated heterocycles. The minimum Gasteiger partial charge on any atom is -0.376 e. The van der Waals surface area contributed by atoms with Crippen LogP contribution in [0.15, 0.2) is 12.3 Å². The van der Waals surface area contributed by atoms with E-state index in [1.807, 2.05) is 13.8 Å². The SMILES string of the molecule is CC1OCCC1(C)NC(=O)c1cc(Cl)ncc1Cl. The summed E-state index contributed by atoms with van der Waals surface area (Å²) in [5.74, 6) is -0.260. The van der Waals surface area contributed by atoms with Crippen LogP contribution in [-0.2, 0) is 4.74 Å². The molecule has 2 heterocycles. The lowest BCUT2D eigenvalue weighted by atomic mass is 9.94. The van der Waals surface area contributed by atoms with E-state index in [9.17, 15) is 4.79 Å². The number of rotatable bonds is 2. The zero-order valence-electron chi connectivity index (χ0n) is 10.2. The zero-order chi connectivity index (χ0) is 13.3. The molecule has 1 aromatic rings. The topological polar surface area (TPSA) is 51.2 Å². The smallest absolute Gasteiger partial charge is 0.253 e. The molecular formula is C12H14Cl2N2O2. The lowest BCUT2D eigenvalue weighted by molar-refractivity contribution is 0.0727. The lowest BCUT2D eigenvalue weighted by Gasteiger charge is -2.29. The van der Waals surface area contributed by atoms with Gasteiger partial charge in [-0.2, -0.15) is 0 Å². The predicted molar refractivity (Wildman–Crippen MR) is 70.2 cm³/mol. The molecule has 0 spiro atoms. The summed E-state index contributed by atoms with van der Waals surface area (Å²) in [7, 11) is 0. The maximum Gasteiger partial charge on any atom is 0.253 e. The first-order valence-electron chi connectivity index (χ1n) is 5.67. The van der Waals surface area contributed by atoms with E-state index in [0.29, 0.717) is 12.2 Å². The number of pyridine rings is 1. The van der Waals surface area contributed by atoms with Crippen molar-refractivity contribution in [3.05, 3.63) is 28.0 Å². The molecule has 1 aliphatic rings. The van der Waals surface area contributed by atoms with Gasteiger partial charge in [-0.15, -0.1) is 0 Å². The quantitative estimate of drug-likeness (QED) is 0.852. The minimum atomic E-state index is -0.379. The van der Waals surface area contributed by atoms with Crippen LogP contribution in [0.4, 0.5) is 0 Å². The number of aromatic nitrogens is 1. The Morgan fingerprint density at radius 3 is 2.94 bits per heavy atom. The Hall–Kier alpha value is -0.840. The van der Waals surface area contributed by atoms with E-state index in [-0.39, 0.29) is 27.7 Å². The third-order valence-corrected chi connectivity index (χ3v) is 3.86. The Labute approximate surface area is 116 Å². The summed E-state index contributed by atoms with van der Waals surface area (Å²) in [4.78, 5) is 16.0. The molecule has 0 aromatic carbocycles. The van der Waals surface area contributed by atoms with Gasteiger partial charge in [0.15, 0.2) is 0 Å². The third-order valence-electron chi connectivity index (χ3n) is 3.35. The van der Waals surface area contributed by atoms with E-state index in [1.54, 1.807) is 0 Å². The summed E-state index contributed by atoms with van der Waals surface area (Å²) >= 11 is 11.7. The second-order valence-corrected chi connectivity index (χ2v) is 5.42. The molecule has 1 aromatic heterocycles. The van der Waals surface area contributed by atoms with Crippen molar-refractivity contribution in [3.63, 3.8) is 0 Å². The second kappa shape index (κ2) is 5.03. The van der Waals surface area contributed by atoms with Gasteiger partial charge in [0.1, 0.15) is 5.15 Å². The van der Waals surface area contributed by atoms with Crippen LogP contribution in [0.25, 0.3) is 0 Å². The normalized spacial score (nSPS) is 27.2. The highest BCUT2D eigenvalue weighted by molar-refractivity contribution is 6.35. The van der Waals surface area contributed by atoms with Gasteiger partial charge in [-0.25, -0.2) is 4.98 Å². The fourth-order valence-corrected chi connectivity index (χ4v) is 2.26. The predicted octanol–water partition coefficient (Wildman–Crippen LogP) is 2.69. The number of carbonyl (C=O) groups is 1. The summed E-state index contributed by atoms with van der Waals surface area (Å²) in [5, 5.41) is 3.48. The Bertz CT molecular complexity index is 481. The number of nitrogens with zero attached hydrogens (tertiary/aromatic N) is 1. The van der Waals surface area contributed by atoms with Gasteiger partial charge >= 0.3 is 0 Å². The van der Waals surface area contributed by atoms with Crippen LogP contribution in [-0.4, -0.2) is 29.1 Å². The monoisotopic (exact) mass is 288 g/mol. The van der Waals surface area contributed by atoms with Crippen molar-refractivity contribution in [2.24, 2.45) is 0 Å². The number of amides is 1. The average molecular weight is 289 g/mol. The molecule has 0 bridgehead atoms. The molecule has 98 valence electrons. The molecule has 18 heavy (non-hydrogen) atoms. The molecule has 2 unspecified atom stereocenters. The average Bonchev–Trinajstić information content (AvgIpc) is 2.62. The molecule has 0 saturated carbocycles. The van der Waals surface area contributed by atoms with Crippen LogP contribution in [0.2, 0.25) is 10.2 Å². The van der Waals surface area contributed by atoms with Crippen LogP contribution in [0, 0.1) is 0 Å². The van der Waals surface area contributed by atoms with Crippen LogP contribution in [0.5, 0.6) is 0 Å². The first-order chi connectivity index (χ1) is 8.42. The maximum absolute atomic E-state index is 12.2. The minimum absolute atomic E-state index is 0.0301. The molecule has 1 fully saturated rings. The first-order valence-corrected chi connectivity index (χ1v) is 6.43. The fraction of sp³-hybridized carbons (Fsp3) is 0.500. The van der Waals surface area contributed by atoms with Gasteiger partial charge in [-0.05, 0) is 26.3 Å². The fourth-order valence-electron chi connectivity index (χ4n) is 1.91. The van der Waals surface area contributed by atoms with Gasteiger partial charge in [-0.1, -0.05) is 23.2 Å². The molecule has 0 radical (unpaired) electrons. The van der Waals surface area contributed by atoms with Crippen molar-refractivity contribution < 1.29 is 9.53 Å². The van der Waals surface area contributed by atoms with E-state index in [0.717, 1.165) is 6.42 Å². The molecule has 6 heteroatoms. The number of halogens is 2. The number of ether oxygens (including phenoxy) is 1. The molecular weight excluding hydrogens is 275 g/mol. The van der Waals surface area contributed by atoms with Gasteiger partial charge in [0.2, 0.25) is 0 Å². The third kappa shape index (κ3) is 2.60. The molecule has 4 nitrogen and oxygen atoms in total. The van der Waals surface area contributed by atoms with Crippen molar-refractivity contribution in [2.45, 2.75) is 31.9 Å². The van der Waals surface area contributed by atoms with Crippen LogP contribution in [0.1, 0.15) is 30.6 Å². The van der Waals surface area contributed by atoms with Crippen molar-refractivity contribution in [3.8, 4) is 0 Å². The molecule has 0 aliphatic carbocycles. The van der Waals surface area contributed by atoms with E-state index < -0.39 is 0 Å². The van der Waals surface area contributed by atoms with E-state index in [2.05, 4.69) is 10.3 Å². The van der Waals surface area contributed by atoms with Crippen molar-refractivity contribution >= 4 is 29.1 Å². The largest absolute Gasteiger partial charge is 0.376 e. The highest BCUT2D eigenvalue weighted by atomic mass is 35.5. The standard InChI is InChI=1S/C12H14Cl2N2O2/c1-7-12(2,3-4-18-7)16-11(17)8-5-10(14)15-6-9(8)13/h5-7H,3-4H2,1-2H3,(H,16,17). The van der Waals surface area contributed by atoms with Crippen LogP contribution < -0.4 is 5.32 Å². The molecule has 1 N–H and O–H groups in total. The van der Waals surface area contributed by atoms with Gasteiger partial charge in [0.05, 0.1) is 22.2 Å². The maximum atomic E-state index is 12.2. The van der Waals surface area contributed by atoms with Gasteiger partial charge in [0.25, 0.3) is 5.91 Å². The van der Waals surface area contributed by atoms with Crippen LogP contribution in [0.3, 0.4) is 0 Å². The molecule has 2 atom stereocenters. The number of carbonyl (C=O) groups excluding carboxylic acids is 1. The summed E-state index contributed by atoms with van der Waals surface area (Å²) in [6, 6.07) is 1.46. The number of hydrogen-bond donors (Lipinski definition) is 1. The van der Waals surface area contributed by atoms with Gasteiger partial charge in [0, 0.05) is 12.8 Å². The molecule has 1 amide bonds. The van der Waals surface area contributed by atoms with E-state index >= 15 is 0 Å². The number of nitrogens with one attached hydrogen (secondary N) is 1. The first kappa shape index (κ1) is 13.6. The Morgan fingerprint density at radius 1 is 1.61 bits per heavy atom. The summed E-state index contributed by atoms with van der Waals surface area (Å²) < 4.78 is 5.47. The second-order valence-electron chi connectivity index (χ2n) is 4.62. The van der Waals surface area contributed by atoms with Crippen molar-refractivity contribution in [1.29, 1.82) is 0 Å². The molecule has 1 aliphatic heterocycles. The molecule has 2 rings (SSSR count). The summed E-state index contributed by atoms with van der Waals surface area (Å²) in [6.07, 6.45) is 2.11. The lowest BCUT2D eigenvalue weighted by Crippen LogP contribution is -2.50.